The van der Waals surface area contributed by atoms with Gasteiger partial charge in [-0.3, -0.25) is 14.9 Å². The van der Waals surface area contributed by atoms with Crippen LogP contribution in [0.2, 0.25) is 0 Å². The van der Waals surface area contributed by atoms with E-state index in [0.29, 0.717) is 19.4 Å². The summed E-state index contributed by atoms with van der Waals surface area (Å²) in [5.74, 6) is -0.915. The van der Waals surface area contributed by atoms with Crippen LogP contribution in [-0.2, 0) is 33.3 Å². The Morgan fingerprint density at radius 3 is 2.59 bits per heavy atom. The summed E-state index contributed by atoms with van der Waals surface area (Å²) in [4.78, 5) is 24.4. The number of nitrogens with one attached hydrogen (secondary N) is 1. The molecule has 1 aliphatic carbocycles. The molecule has 2 aliphatic heterocycles. The third kappa shape index (κ3) is 5.25. The minimum Gasteiger partial charge on any atom is -0.468 e. The van der Waals surface area contributed by atoms with Crippen LogP contribution >= 0.6 is 0 Å². The molecule has 1 spiro atoms. The normalized spacial score (nSPS) is 36.2. The maximum atomic E-state index is 12.6. The second-order valence-corrected chi connectivity index (χ2v) is 9.39. The molecule has 0 amide bonds. The van der Waals surface area contributed by atoms with E-state index in [2.05, 4.69) is 38.7 Å². The number of epoxide rings is 2. The zero-order valence-corrected chi connectivity index (χ0v) is 19.8. The predicted molar refractivity (Wildman–Crippen MR) is 118 cm³/mol. The Morgan fingerprint density at radius 1 is 1.31 bits per heavy atom. The minimum atomic E-state index is -0.639. The summed E-state index contributed by atoms with van der Waals surface area (Å²) in [7, 11) is 2.96. The largest absolute Gasteiger partial charge is 0.468 e. The van der Waals surface area contributed by atoms with Gasteiger partial charge >= 0.3 is 11.9 Å². The summed E-state index contributed by atoms with van der Waals surface area (Å²) in [5.41, 5.74) is 0.607. The number of ether oxygens (including phenoxy) is 5. The maximum absolute atomic E-state index is 12.6. The molecule has 0 radical (unpaired) electrons. The van der Waals surface area contributed by atoms with Crippen molar-refractivity contribution in [1.29, 1.82) is 0 Å². The van der Waals surface area contributed by atoms with Crippen LogP contribution < -0.4 is 5.32 Å². The highest BCUT2D eigenvalue weighted by molar-refractivity contribution is 5.78. The van der Waals surface area contributed by atoms with Gasteiger partial charge in [-0.2, -0.15) is 0 Å². The zero-order chi connectivity index (χ0) is 23.5. The summed E-state index contributed by atoms with van der Waals surface area (Å²) in [5, 5.41) is 2.89. The third-order valence-electron chi connectivity index (χ3n) is 6.90. The van der Waals surface area contributed by atoms with Crippen LogP contribution in [0, 0.1) is 5.92 Å². The van der Waals surface area contributed by atoms with Crippen LogP contribution in [0.1, 0.15) is 46.5 Å². The summed E-state index contributed by atoms with van der Waals surface area (Å²) in [6, 6.07) is -0.639. The summed E-state index contributed by atoms with van der Waals surface area (Å²) in [6.45, 7) is 10.5. The van der Waals surface area contributed by atoms with Crippen molar-refractivity contribution in [1.82, 2.24) is 5.32 Å². The zero-order valence-electron chi connectivity index (χ0n) is 19.8. The number of hydrogen-bond donors (Lipinski definition) is 1. The van der Waals surface area contributed by atoms with Gasteiger partial charge in [-0.25, -0.2) is 0 Å². The van der Waals surface area contributed by atoms with Gasteiger partial charge in [-0.1, -0.05) is 17.7 Å². The maximum Gasteiger partial charge on any atom is 0.323 e. The smallest absolute Gasteiger partial charge is 0.323 e. The Balaban J connectivity index is 1.64. The predicted octanol–water partition coefficient (Wildman–Crippen LogP) is 2.31. The quantitative estimate of drug-likeness (QED) is 0.290. The van der Waals surface area contributed by atoms with Crippen molar-refractivity contribution in [2.75, 3.05) is 27.4 Å². The van der Waals surface area contributed by atoms with E-state index in [4.69, 9.17) is 23.7 Å². The first-order valence-corrected chi connectivity index (χ1v) is 11.3. The van der Waals surface area contributed by atoms with Gasteiger partial charge in [0.1, 0.15) is 29.5 Å². The number of rotatable bonds is 11. The molecular weight excluding hydrogens is 414 g/mol. The van der Waals surface area contributed by atoms with Crippen LogP contribution in [-0.4, -0.2) is 74.9 Å². The first kappa shape index (κ1) is 24.9. The summed E-state index contributed by atoms with van der Waals surface area (Å²) in [6.07, 6.45) is 5.78. The van der Waals surface area contributed by atoms with Crippen LogP contribution in [0.25, 0.3) is 0 Å². The van der Waals surface area contributed by atoms with E-state index in [1.165, 1.54) is 12.7 Å². The highest BCUT2D eigenvalue weighted by Crippen LogP contribution is 2.59. The fourth-order valence-electron chi connectivity index (χ4n) is 5.06. The summed E-state index contributed by atoms with van der Waals surface area (Å²) < 4.78 is 28.6. The molecule has 8 heteroatoms. The third-order valence-corrected chi connectivity index (χ3v) is 6.90. The standard InChI is InChI=1S/C24H37NO7/c1-7-8-16(22(27)29-6)25-13-19(26)31-17-11-12-24(14-30-24)21(20(17)28-5)23(4)18(32-23)10-9-15(2)3/h7,9,16-18,20-21,25H,1,8,10-14H2,2-6H3/t16?,17-,18?,20-,21-,23+,24+/m1/s1. The Labute approximate surface area is 190 Å². The average Bonchev–Trinajstić information content (AvgIpc) is 3.67. The lowest BCUT2D eigenvalue weighted by Crippen LogP contribution is -2.56. The van der Waals surface area contributed by atoms with Crippen molar-refractivity contribution in [2.24, 2.45) is 5.92 Å². The van der Waals surface area contributed by atoms with E-state index < -0.39 is 24.1 Å². The molecule has 32 heavy (non-hydrogen) atoms. The van der Waals surface area contributed by atoms with E-state index in [1.54, 1.807) is 13.2 Å². The lowest BCUT2D eigenvalue weighted by molar-refractivity contribution is -0.171. The van der Waals surface area contributed by atoms with E-state index in [-0.39, 0.29) is 35.9 Å². The summed E-state index contributed by atoms with van der Waals surface area (Å²) >= 11 is 0. The Bertz CT molecular complexity index is 743. The fraction of sp³-hybridized carbons (Fsp3) is 0.750. The van der Waals surface area contributed by atoms with Crippen LogP contribution in [0.15, 0.2) is 24.3 Å². The van der Waals surface area contributed by atoms with E-state index >= 15 is 0 Å². The van der Waals surface area contributed by atoms with Crippen molar-refractivity contribution < 1.29 is 33.3 Å². The molecular formula is C24H37NO7. The first-order chi connectivity index (χ1) is 15.2. The second-order valence-electron chi connectivity index (χ2n) is 9.39. The van der Waals surface area contributed by atoms with Crippen LogP contribution in [0.4, 0.5) is 0 Å². The molecule has 0 bridgehead atoms. The van der Waals surface area contributed by atoms with E-state index in [1.807, 2.05) is 0 Å². The molecule has 0 aromatic carbocycles. The molecule has 2 unspecified atom stereocenters. The Hall–Kier alpha value is -1.74. The molecule has 0 aromatic heterocycles. The number of hydrogen-bond acceptors (Lipinski definition) is 8. The van der Waals surface area contributed by atoms with Gasteiger partial charge in [0.15, 0.2) is 0 Å². The monoisotopic (exact) mass is 451 g/mol. The number of methoxy groups -OCH3 is 2. The molecule has 7 atom stereocenters. The van der Waals surface area contributed by atoms with Gasteiger partial charge in [0.25, 0.3) is 0 Å². The first-order valence-electron chi connectivity index (χ1n) is 11.3. The average molecular weight is 452 g/mol. The van der Waals surface area contributed by atoms with Gasteiger partial charge in [0, 0.05) is 7.11 Å². The van der Waals surface area contributed by atoms with Gasteiger partial charge in [0.05, 0.1) is 32.3 Å². The SMILES string of the molecule is C=CCC(NCC(=O)O[C@@H]1CC[C@]2(CO2)[C@@H]([C@@]2(C)OC2CC=C(C)C)[C@@H]1OC)C(=O)OC. The molecule has 3 rings (SSSR count). The topological polar surface area (TPSA) is 98.9 Å². The molecule has 0 aromatic rings. The van der Waals surface area contributed by atoms with Crippen molar-refractivity contribution >= 4 is 11.9 Å². The number of esters is 2. The Morgan fingerprint density at radius 2 is 2.03 bits per heavy atom. The lowest BCUT2D eigenvalue weighted by Gasteiger charge is -2.42. The molecule has 8 nitrogen and oxygen atoms in total. The van der Waals surface area contributed by atoms with E-state index in [0.717, 1.165) is 12.8 Å². The van der Waals surface area contributed by atoms with Crippen molar-refractivity contribution in [3.63, 3.8) is 0 Å². The molecule has 2 heterocycles. The fourth-order valence-corrected chi connectivity index (χ4v) is 5.06. The van der Waals surface area contributed by atoms with Crippen molar-refractivity contribution in [2.45, 2.75) is 82.0 Å². The molecule has 3 fully saturated rings. The van der Waals surface area contributed by atoms with Gasteiger partial charge in [-0.05, 0) is 46.5 Å². The van der Waals surface area contributed by atoms with Gasteiger partial charge in [0.2, 0.25) is 0 Å². The minimum absolute atomic E-state index is 0.0290. The number of carbonyl (C=O) groups is 2. The molecule has 1 saturated carbocycles. The van der Waals surface area contributed by atoms with E-state index in [9.17, 15) is 9.59 Å². The van der Waals surface area contributed by atoms with Gasteiger partial charge < -0.3 is 23.7 Å². The molecule has 1 N–H and O–H groups in total. The molecule has 2 saturated heterocycles. The van der Waals surface area contributed by atoms with Crippen molar-refractivity contribution in [3.8, 4) is 0 Å². The number of allylic oxidation sites excluding steroid dienone is 1. The highest BCUT2D eigenvalue weighted by Gasteiger charge is 2.72. The lowest BCUT2D eigenvalue weighted by atomic mass is 9.68. The number of carbonyl (C=O) groups excluding carboxylic acids is 2. The van der Waals surface area contributed by atoms with Gasteiger partial charge in [-0.15, -0.1) is 6.58 Å². The van der Waals surface area contributed by atoms with Crippen LogP contribution in [0.3, 0.4) is 0 Å². The molecule has 3 aliphatic rings. The van der Waals surface area contributed by atoms with Crippen molar-refractivity contribution in [3.05, 3.63) is 24.3 Å². The molecule has 180 valence electrons. The Kier molecular flexibility index (Phi) is 7.81. The van der Waals surface area contributed by atoms with Crippen LogP contribution in [0.5, 0.6) is 0 Å². The highest BCUT2D eigenvalue weighted by atomic mass is 16.6. The second kappa shape index (κ2) is 10.0.